The second kappa shape index (κ2) is 8.28. The van der Waals surface area contributed by atoms with E-state index in [1.807, 2.05) is 67.8 Å². The van der Waals surface area contributed by atoms with Gasteiger partial charge in [0.25, 0.3) is 5.88 Å². The largest absolute Gasteiger partial charge is 0.491 e. The number of nitrogens with zero attached hydrogens (tertiary/aromatic N) is 5. The lowest BCUT2D eigenvalue weighted by Crippen LogP contribution is -2.05. The number of aromatic nitrogens is 5. The minimum atomic E-state index is -0.196. The highest BCUT2D eigenvalue weighted by molar-refractivity contribution is 6.35. The van der Waals surface area contributed by atoms with Gasteiger partial charge in [-0.1, -0.05) is 48.0 Å². The van der Waals surface area contributed by atoms with Crippen molar-refractivity contribution in [3.63, 3.8) is 0 Å². The normalized spacial score (nSPS) is 11.1. The number of benzene rings is 2. The molecule has 0 aliphatic heterocycles. The number of hydrogen-bond acceptors (Lipinski definition) is 6. The molecule has 32 heavy (non-hydrogen) atoms. The van der Waals surface area contributed by atoms with Gasteiger partial charge in [0, 0.05) is 36.9 Å². The van der Waals surface area contributed by atoms with E-state index in [1.165, 1.54) is 0 Å². The van der Waals surface area contributed by atoms with Gasteiger partial charge in [-0.3, -0.25) is 9.67 Å². The van der Waals surface area contributed by atoms with E-state index in [2.05, 4.69) is 20.4 Å². The first-order chi connectivity index (χ1) is 15.6. The van der Waals surface area contributed by atoms with Crippen molar-refractivity contribution in [2.24, 2.45) is 7.05 Å². The zero-order chi connectivity index (χ0) is 22.1. The summed E-state index contributed by atoms with van der Waals surface area (Å²) in [5.41, 5.74) is 4.15. The zero-order valence-electron chi connectivity index (χ0n) is 17.2. The van der Waals surface area contributed by atoms with Crippen LogP contribution >= 0.6 is 11.6 Å². The average Bonchev–Trinajstić information content (AvgIpc) is 3.25. The highest BCUT2D eigenvalue weighted by Crippen LogP contribution is 2.36. The number of nitrogens with one attached hydrogen (secondary N) is 1. The Morgan fingerprint density at radius 2 is 1.84 bits per heavy atom. The van der Waals surface area contributed by atoms with Crippen LogP contribution < -0.4 is 5.32 Å². The number of fused-ring (bicyclic) bond motifs is 1. The number of anilines is 1. The van der Waals surface area contributed by atoms with Crippen LogP contribution in [0.3, 0.4) is 0 Å². The van der Waals surface area contributed by atoms with Crippen LogP contribution in [0.2, 0.25) is 5.02 Å². The topological polar surface area (TPSA) is 88.8 Å². The first-order valence-electron chi connectivity index (χ1n) is 10.0. The van der Waals surface area contributed by atoms with Crippen LogP contribution in [-0.2, 0) is 13.6 Å². The summed E-state index contributed by atoms with van der Waals surface area (Å²) in [6, 6.07) is 19.2. The van der Waals surface area contributed by atoms with Crippen molar-refractivity contribution in [3.8, 4) is 28.5 Å². The molecule has 8 heteroatoms. The fourth-order valence-electron chi connectivity index (χ4n) is 3.53. The summed E-state index contributed by atoms with van der Waals surface area (Å²) >= 11 is 6.50. The van der Waals surface area contributed by atoms with Crippen molar-refractivity contribution in [2.45, 2.75) is 6.54 Å². The minimum Gasteiger partial charge on any atom is -0.491 e. The maximum Gasteiger partial charge on any atom is 0.255 e. The van der Waals surface area contributed by atoms with Gasteiger partial charge in [0.1, 0.15) is 17.1 Å². The summed E-state index contributed by atoms with van der Waals surface area (Å²) in [5, 5.41) is 19.7. The lowest BCUT2D eigenvalue weighted by atomic mass is 10.0. The summed E-state index contributed by atoms with van der Waals surface area (Å²) in [6.45, 7) is 0.498. The Morgan fingerprint density at radius 3 is 2.62 bits per heavy atom. The van der Waals surface area contributed by atoms with Crippen molar-refractivity contribution >= 4 is 28.3 Å². The summed E-state index contributed by atoms with van der Waals surface area (Å²) in [5.74, 6) is 0.0878. The van der Waals surface area contributed by atoms with E-state index in [9.17, 15) is 5.11 Å². The second-order valence-electron chi connectivity index (χ2n) is 7.34. The first-order valence-corrected chi connectivity index (χ1v) is 10.4. The third-order valence-corrected chi connectivity index (χ3v) is 5.36. The average molecular weight is 443 g/mol. The van der Waals surface area contributed by atoms with E-state index in [0.717, 1.165) is 10.9 Å². The summed E-state index contributed by atoms with van der Waals surface area (Å²) in [6.07, 6.45) is 3.54. The molecule has 0 saturated heterocycles. The molecule has 5 rings (SSSR count). The molecular weight excluding hydrogens is 424 g/mol. The highest BCUT2D eigenvalue weighted by atomic mass is 35.5. The number of halogens is 1. The molecule has 0 aliphatic rings. The molecule has 2 aromatic carbocycles. The van der Waals surface area contributed by atoms with Gasteiger partial charge >= 0.3 is 0 Å². The molecule has 0 amide bonds. The van der Waals surface area contributed by atoms with Gasteiger partial charge in [0.05, 0.1) is 10.5 Å². The first kappa shape index (κ1) is 20.0. The van der Waals surface area contributed by atoms with Crippen molar-refractivity contribution in [3.05, 3.63) is 83.6 Å². The molecule has 3 heterocycles. The van der Waals surface area contributed by atoms with Crippen molar-refractivity contribution < 1.29 is 5.11 Å². The molecule has 3 aromatic heterocycles. The summed E-state index contributed by atoms with van der Waals surface area (Å²) in [7, 11) is 1.84. The Kier molecular flexibility index (Phi) is 5.17. The maximum atomic E-state index is 10.7. The van der Waals surface area contributed by atoms with Gasteiger partial charge in [-0.15, -0.1) is 0 Å². The van der Waals surface area contributed by atoms with Crippen LogP contribution in [0.25, 0.3) is 33.5 Å². The van der Waals surface area contributed by atoms with Crippen molar-refractivity contribution in [1.29, 1.82) is 0 Å². The maximum absolute atomic E-state index is 10.7. The Labute approximate surface area is 189 Å². The van der Waals surface area contributed by atoms with E-state index < -0.39 is 0 Å². The Hall–Kier alpha value is -3.97. The molecule has 0 aliphatic carbocycles. The zero-order valence-corrected chi connectivity index (χ0v) is 18.0. The number of rotatable bonds is 5. The van der Waals surface area contributed by atoms with Crippen LogP contribution in [0.15, 0.2) is 73.1 Å². The van der Waals surface area contributed by atoms with Crippen LogP contribution in [0, 0.1) is 0 Å². The van der Waals surface area contributed by atoms with E-state index in [1.54, 1.807) is 16.9 Å². The van der Waals surface area contributed by atoms with E-state index in [-0.39, 0.29) is 11.7 Å². The van der Waals surface area contributed by atoms with Crippen LogP contribution in [0.5, 0.6) is 5.88 Å². The van der Waals surface area contributed by atoms with Crippen LogP contribution in [-0.4, -0.2) is 29.8 Å². The van der Waals surface area contributed by atoms with Gasteiger partial charge in [-0.2, -0.15) is 5.10 Å². The van der Waals surface area contributed by atoms with Gasteiger partial charge in [-0.05, 0) is 29.8 Å². The van der Waals surface area contributed by atoms with Crippen LogP contribution in [0.1, 0.15) is 5.56 Å². The molecule has 0 spiro atoms. The van der Waals surface area contributed by atoms with Gasteiger partial charge in [-0.25, -0.2) is 9.97 Å². The Morgan fingerprint density at radius 1 is 1.00 bits per heavy atom. The molecular formula is C24H19ClN6O. The van der Waals surface area contributed by atoms with Gasteiger partial charge < -0.3 is 10.4 Å². The molecule has 0 radical (unpaired) electrons. The molecule has 0 saturated carbocycles. The molecule has 0 atom stereocenters. The lowest BCUT2D eigenvalue weighted by molar-refractivity contribution is 0.454. The minimum absolute atomic E-state index is 0.196. The smallest absolute Gasteiger partial charge is 0.255 e. The number of hydrogen-bond donors (Lipinski definition) is 2. The molecule has 0 unspecified atom stereocenters. The SMILES string of the molecule is Cn1ccc(-c2nc(NCc3ccccc3)c(O)nc2-c2cc(Cl)c3ncccc3c2)n1. The molecule has 158 valence electrons. The second-order valence-corrected chi connectivity index (χ2v) is 7.75. The third kappa shape index (κ3) is 3.86. The predicted octanol–water partition coefficient (Wildman–Crippen LogP) is 5.06. The van der Waals surface area contributed by atoms with E-state index in [4.69, 9.17) is 16.6 Å². The fraction of sp³-hybridized carbons (Fsp3) is 0.0833. The van der Waals surface area contributed by atoms with Crippen LogP contribution in [0.4, 0.5) is 5.82 Å². The summed E-state index contributed by atoms with van der Waals surface area (Å²) < 4.78 is 1.70. The monoisotopic (exact) mass is 442 g/mol. The third-order valence-electron chi connectivity index (χ3n) is 5.07. The molecule has 5 aromatic rings. The van der Waals surface area contributed by atoms with Gasteiger partial charge in [0.15, 0.2) is 5.82 Å². The van der Waals surface area contributed by atoms with Crippen molar-refractivity contribution in [2.75, 3.05) is 5.32 Å². The lowest BCUT2D eigenvalue weighted by Gasteiger charge is -2.13. The fourth-order valence-corrected chi connectivity index (χ4v) is 3.81. The quantitative estimate of drug-likeness (QED) is 0.395. The number of aryl methyl sites for hydroxylation is 1. The molecule has 2 N–H and O–H groups in total. The summed E-state index contributed by atoms with van der Waals surface area (Å²) in [4.78, 5) is 13.5. The predicted molar refractivity (Wildman–Crippen MR) is 125 cm³/mol. The van der Waals surface area contributed by atoms with Crippen molar-refractivity contribution in [1.82, 2.24) is 24.7 Å². The Balaban J connectivity index is 1.63. The molecule has 7 nitrogen and oxygen atoms in total. The molecule has 0 bridgehead atoms. The standard InChI is InChI=1S/C24H19ClN6O/c1-31-11-9-19(30-31)22-21(17-12-16-8-5-10-26-20(16)18(25)13-17)29-24(32)23(28-22)27-14-15-6-3-2-4-7-15/h2-13H,14H2,1H3,(H,27,28)(H,29,32). The van der Waals surface area contributed by atoms with Gasteiger partial charge in [0.2, 0.25) is 0 Å². The Bertz CT molecular complexity index is 1420. The number of pyridine rings is 1. The van der Waals surface area contributed by atoms with E-state index in [0.29, 0.717) is 39.7 Å². The molecule has 0 fully saturated rings. The highest BCUT2D eigenvalue weighted by Gasteiger charge is 2.19. The van der Waals surface area contributed by atoms with E-state index >= 15 is 0 Å². The number of aromatic hydroxyl groups is 1.